The minimum absolute atomic E-state index is 0.134. The van der Waals surface area contributed by atoms with Crippen molar-refractivity contribution >= 4 is 22.6 Å². The van der Waals surface area contributed by atoms with Crippen molar-refractivity contribution in [1.29, 1.82) is 0 Å². The SMILES string of the molecule is CC[C@@H](N)c1ccc(I)nc1C. The van der Waals surface area contributed by atoms with Crippen molar-refractivity contribution in [3.8, 4) is 0 Å². The van der Waals surface area contributed by atoms with E-state index in [-0.39, 0.29) is 6.04 Å². The van der Waals surface area contributed by atoms with Crippen molar-refractivity contribution in [3.63, 3.8) is 0 Å². The molecule has 12 heavy (non-hydrogen) atoms. The van der Waals surface area contributed by atoms with E-state index in [0.717, 1.165) is 21.4 Å². The van der Waals surface area contributed by atoms with E-state index in [4.69, 9.17) is 5.73 Å². The Labute approximate surface area is 86.7 Å². The molecule has 2 nitrogen and oxygen atoms in total. The van der Waals surface area contributed by atoms with E-state index in [1.165, 1.54) is 0 Å². The van der Waals surface area contributed by atoms with Crippen LogP contribution in [-0.2, 0) is 0 Å². The lowest BCUT2D eigenvalue weighted by molar-refractivity contribution is 0.688. The fraction of sp³-hybridized carbons (Fsp3) is 0.444. The Balaban J connectivity index is 3.01. The molecule has 1 aromatic heterocycles. The molecule has 0 radical (unpaired) electrons. The van der Waals surface area contributed by atoms with Crippen LogP contribution in [0.4, 0.5) is 0 Å². The first-order valence-corrected chi connectivity index (χ1v) is 5.11. The Morgan fingerprint density at radius 1 is 1.58 bits per heavy atom. The van der Waals surface area contributed by atoms with Crippen LogP contribution in [0.25, 0.3) is 0 Å². The van der Waals surface area contributed by atoms with E-state index in [1.54, 1.807) is 0 Å². The van der Waals surface area contributed by atoms with Crippen molar-refractivity contribution in [1.82, 2.24) is 4.98 Å². The Kier molecular flexibility index (Phi) is 3.46. The monoisotopic (exact) mass is 276 g/mol. The van der Waals surface area contributed by atoms with Crippen LogP contribution in [0.3, 0.4) is 0 Å². The smallest absolute Gasteiger partial charge is 0.101 e. The van der Waals surface area contributed by atoms with Crippen molar-refractivity contribution < 1.29 is 0 Å². The summed E-state index contributed by atoms with van der Waals surface area (Å²) in [5, 5.41) is 0. The number of hydrogen-bond acceptors (Lipinski definition) is 2. The highest BCUT2D eigenvalue weighted by Crippen LogP contribution is 2.17. The van der Waals surface area contributed by atoms with Gasteiger partial charge in [-0.1, -0.05) is 13.0 Å². The molecule has 0 unspecified atom stereocenters. The third-order valence-electron chi connectivity index (χ3n) is 1.93. The maximum Gasteiger partial charge on any atom is 0.101 e. The van der Waals surface area contributed by atoms with Crippen molar-refractivity contribution in [2.24, 2.45) is 5.73 Å². The van der Waals surface area contributed by atoms with Crippen LogP contribution in [-0.4, -0.2) is 4.98 Å². The average molecular weight is 276 g/mol. The second kappa shape index (κ2) is 4.18. The zero-order valence-electron chi connectivity index (χ0n) is 7.34. The average Bonchev–Trinajstić information content (AvgIpc) is 2.03. The second-order valence-electron chi connectivity index (χ2n) is 2.82. The van der Waals surface area contributed by atoms with Gasteiger partial charge in [-0.2, -0.15) is 0 Å². The molecule has 1 heterocycles. The normalized spacial score (nSPS) is 13.0. The van der Waals surface area contributed by atoms with E-state index in [0.29, 0.717) is 0 Å². The van der Waals surface area contributed by atoms with Crippen LogP contribution in [0.2, 0.25) is 0 Å². The number of aromatic nitrogens is 1. The number of nitrogens with two attached hydrogens (primary N) is 1. The van der Waals surface area contributed by atoms with Crippen molar-refractivity contribution in [3.05, 3.63) is 27.1 Å². The van der Waals surface area contributed by atoms with E-state index in [2.05, 4.69) is 40.6 Å². The van der Waals surface area contributed by atoms with E-state index >= 15 is 0 Å². The minimum atomic E-state index is 0.134. The third kappa shape index (κ3) is 2.17. The summed E-state index contributed by atoms with van der Waals surface area (Å²) in [4.78, 5) is 4.35. The highest BCUT2D eigenvalue weighted by Gasteiger charge is 2.06. The lowest BCUT2D eigenvalue weighted by Gasteiger charge is -2.11. The Morgan fingerprint density at radius 2 is 2.25 bits per heavy atom. The quantitative estimate of drug-likeness (QED) is 0.665. The summed E-state index contributed by atoms with van der Waals surface area (Å²) in [6.45, 7) is 4.09. The van der Waals surface area contributed by atoms with Gasteiger partial charge in [0.05, 0.1) is 0 Å². The van der Waals surface area contributed by atoms with Gasteiger partial charge in [0.25, 0.3) is 0 Å². The number of pyridine rings is 1. The predicted molar refractivity (Wildman–Crippen MR) is 58.9 cm³/mol. The fourth-order valence-corrected chi connectivity index (χ4v) is 1.69. The summed E-state index contributed by atoms with van der Waals surface area (Å²) >= 11 is 2.21. The topological polar surface area (TPSA) is 38.9 Å². The predicted octanol–water partition coefficient (Wildman–Crippen LogP) is 2.40. The number of nitrogens with zero attached hydrogens (tertiary/aromatic N) is 1. The van der Waals surface area contributed by atoms with Crippen LogP contribution in [0.5, 0.6) is 0 Å². The molecule has 0 aliphatic heterocycles. The van der Waals surface area contributed by atoms with Crippen LogP contribution < -0.4 is 5.73 Å². The zero-order chi connectivity index (χ0) is 9.14. The Bertz CT molecular complexity index is 273. The zero-order valence-corrected chi connectivity index (χ0v) is 9.50. The molecule has 1 atom stereocenters. The maximum atomic E-state index is 5.90. The number of halogens is 1. The van der Waals surface area contributed by atoms with Gasteiger partial charge < -0.3 is 5.73 Å². The summed E-state index contributed by atoms with van der Waals surface area (Å²) in [5.41, 5.74) is 8.12. The van der Waals surface area contributed by atoms with Gasteiger partial charge in [-0.3, -0.25) is 0 Å². The van der Waals surface area contributed by atoms with Gasteiger partial charge >= 0.3 is 0 Å². The van der Waals surface area contributed by atoms with E-state index < -0.39 is 0 Å². The molecule has 0 amide bonds. The van der Waals surface area contributed by atoms with Crippen LogP contribution in [0.1, 0.15) is 30.6 Å². The molecular weight excluding hydrogens is 263 g/mol. The maximum absolute atomic E-state index is 5.90. The highest BCUT2D eigenvalue weighted by molar-refractivity contribution is 14.1. The van der Waals surface area contributed by atoms with Gasteiger partial charge in [-0.15, -0.1) is 0 Å². The lowest BCUT2D eigenvalue weighted by Crippen LogP contribution is -2.11. The summed E-state index contributed by atoms with van der Waals surface area (Å²) < 4.78 is 1.03. The standard InChI is InChI=1S/C9H13IN2/c1-3-8(11)7-4-5-9(10)12-6(7)2/h4-5,8H,3,11H2,1-2H3/t8-/m1/s1. The van der Waals surface area contributed by atoms with Crippen molar-refractivity contribution in [2.45, 2.75) is 26.3 Å². The molecule has 0 bridgehead atoms. The molecule has 0 aliphatic carbocycles. The van der Waals surface area contributed by atoms with Gasteiger partial charge in [-0.05, 0) is 47.6 Å². The van der Waals surface area contributed by atoms with E-state index in [9.17, 15) is 0 Å². The summed E-state index contributed by atoms with van der Waals surface area (Å²) in [6.07, 6.45) is 0.961. The lowest BCUT2D eigenvalue weighted by atomic mass is 10.0. The minimum Gasteiger partial charge on any atom is -0.324 e. The number of rotatable bonds is 2. The molecule has 2 N–H and O–H groups in total. The first-order valence-electron chi connectivity index (χ1n) is 4.03. The fourth-order valence-electron chi connectivity index (χ4n) is 1.15. The molecule has 0 aliphatic rings. The third-order valence-corrected chi connectivity index (χ3v) is 2.53. The van der Waals surface area contributed by atoms with Gasteiger partial charge in [-0.25, -0.2) is 4.98 Å². The van der Waals surface area contributed by atoms with Crippen LogP contribution >= 0.6 is 22.6 Å². The number of hydrogen-bond donors (Lipinski definition) is 1. The van der Waals surface area contributed by atoms with Crippen LogP contribution in [0.15, 0.2) is 12.1 Å². The Morgan fingerprint density at radius 3 is 2.75 bits per heavy atom. The molecule has 0 spiro atoms. The largest absolute Gasteiger partial charge is 0.324 e. The van der Waals surface area contributed by atoms with Gasteiger partial charge in [0.1, 0.15) is 3.70 Å². The molecule has 0 saturated heterocycles. The first-order chi connectivity index (χ1) is 5.65. The van der Waals surface area contributed by atoms with Crippen LogP contribution in [0, 0.1) is 10.6 Å². The summed E-state index contributed by atoms with van der Waals surface area (Å²) in [6, 6.07) is 4.20. The van der Waals surface area contributed by atoms with Gasteiger partial charge in [0.15, 0.2) is 0 Å². The van der Waals surface area contributed by atoms with E-state index in [1.807, 2.05) is 13.0 Å². The first kappa shape index (κ1) is 9.92. The summed E-state index contributed by atoms with van der Waals surface area (Å²) in [5.74, 6) is 0. The molecular formula is C9H13IN2. The molecule has 0 aromatic carbocycles. The highest BCUT2D eigenvalue weighted by atomic mass is 127. The Hall–Kier alpha value is -0.160. The number of aryl methyl sites for hydroxylation is 1. The molecule has 1 rings (SSSR count). The van der Waals surface area contributed by atoms with Gasteiger partial charge in [0, 0.05) is 11.7 Å². The van der Waals surface area contributed by atoms with Crippen molar-refractivity contribution in [2.75, 3.05) is 0 Å². The molecule has 0 saturated carbocycles. The molecule has 1 aromatic rings. The summed E-state index contributed by atoms with van der Waals surface area (Å²) in [7, 11) is 0. The second-order valence-corrected chi connectivity index (χ2v) is 3.93. The molecule has 3 heteroatoms. The molecule has 0 fully saturated rings. The van der Waals surface area contributed by atoms with Gasteiger partial charge in [0.2, 0.25) is 0 Å². The molecule has 66 valence electrons.